The summed E-state index contributed by atoms with van der Waals surface area (Å²) in [6.07, 6.45) is 1.84. The number of fused-ring (bicyclic) bond motifs is 1. The van der Waals surface area contributed by atoms with Crippen LogP contribution in [0.1, 0.15) is 27.8 Å². The average molecular weight is 336 g/mol. The van der Waals surface area contributed by atoms with Crippen molar-refractivity contribution >= 4 is 22.7 Å². The zero-order chi connectivity index (χ0) is 18.1. The number of rotatable bonds is 4. The number of nitrogens with zero attached hydrogens (tertiary/aromatic N) is 2. The number of nitrogen functional groups attached to an aromatic ring is 2. The van der Waals surface area contributed by atoms with Crippen molar-refractivity contribution in [3.05, 3.63) is 52.1 Å². The predicted octanol–water partition coefficient (Wildman–Crippen LogP) is 3.51. The van der Waals surface area contributed by atoms with E-state index in [1.165, 1.54) is 22.3 Å². The van der Waals surface area contributed by atoms with Crippen LogP contribution in [0.15, 0.2) is 24.3 Å². The van der Waals surface area contributed by atoms with Gasteiger partial charge in [-0.05, 0) is 73.6 Å². The molecule has 4 N–H and O–H groups in total. The first-order valence-corrected chi connectivity index (χ1v) is 8.36. The molecule has 3 rings (SSSR count). The summed E-state index contributed by atoms with van der Waals surface area (Å²) in [7, 11) is 1.72. The Morgan fingerprint density at radius 1 is 0.960 bits per heavy atom. The van der Waals surface area contributed by atoms with Crippen molar-refractivity contribution in [1.82, 2.24) is 9.97 Å². The second-order valence-corrected chi connectivity index (χ2v) is 6.45. The number of methoxy groups -OCH3 is 1. The molecule has 0 aliphatic rings. The van der Waals surface area contributed by atoms with E-state index in [4.69, 9.17) is 16.2 Å². The number of aromatic nitrogens is 2. The zero-order valence-electron chi connectivity index (χ0n) is 15.2. The summed E-state index contributed by atoms with van der Waals surface area (Å²) >= 11 is 0. The van der Waals surface area contributed by atoms with Gasteiger partial charge in [-0.2, -0.15) is 4.98 Å². The number of nitrogens with two attached hydrogens (primary N) is 2. The largest absolute Gasteiger partial charge is 0.496 e. The quantitative estimate of drug-likeness (QED) is 0.761. The minimum Gasteiger partial charge on any atom is -0.496 e. The Hall–Kier alpha value is -2.82. The van der Waals surface area contributed by atoms with Crippen LogP contribution in [-0.4, -0.2) is 17.1 Å². The third-order valence-corrected chi connectivity index (χ3v) is 4.86. The predicted molar refractivity (Wildman–Crippen MR) is 103 cm³/mol. The van der Waals surface area contributed by atoms with E-state index in [0.717, 1.165) is 35.1 Å². The fraction of sp³-hybridized carbons (Fsp3) is 0.300. The van der Waals surface area contributed by atoms with Crippen LogP contribution in [0.5, 0.6) is 5.75 Å². The van der Waals surface area contributed by atoms with Gasteiger partial charge in [-0.1, -0.05) is 12.1 Å². The topological polar surface area (TPSA) is 87.0 Å². The van der Waals surface area contributed by atoms with E-state index in [-0.39, 0.29) is 5.95 Å². The van der Waals surface area contributed by atoms with Gasteiger partial charge in [0.15, 0.2) is 0 Å². The van der Waals surface area contributed by atoms with E-state index in [1.807, 2.05) is 6.07 Å². The van der Waals surface area contributed by atoms with Gasteiger partial charge in [0.05, 0.1) is 12.6 Å². The average Bonchev–Trinajstić information content (AvgIpc) is 2.56. The molecule has 1 aromatic heterocycles. The summed E-state index contributed by atoms with van der Waals surface area (Å²) in [5.41, 5.74) is 18.6. The van der Waals surface area contributed by atoms with Crippen molar-refractivity contribution in [3.8, 4) is 5.75 Å². The molecule has 25 heavy (non-hydrogen) atoms. The molecular formula is C20H24N4O. The molecule has 0 unspecified atom stereocenters. The number of aryl methyl sites for hydroxylation is 4. The highest BCUT2D eigenvalue weighted by Crippen LogP contribution is 2.28. The van der Waals surface area contributed by atoms with Crippen molar-refractivity contribution in [2.75, 3.05) is 18.6 Å². The van der Waals surface area contributed by atoms with Crippen LogP contribution >= 0.6 is 0 Å². The first-order valence-electron chi connectivity index (χ1n) is 8.36. The minimum atomic E-state index is 0.208. The molecule has 0 atom stereocenters. The van der Waals surface area contributed by atoms with Gasteiger partial charge in [0.2, 0.25) is 5.95 Å². The van der Waals surface area contributed by atoms with E-state index >= 15 is 0 Å². The maximum atomic E-state index is 6.06. The molecule has 0 fully saturated rings. The SMILES string of the molecule is COc1cc(CCc2ccc3nc(N)nc(N)c3c2C)cc(C)c1C. The van der Waals surface area contributed by atoms with Crippen LogP contribution in [0.3, 0.4) is 0 Å². The monoisotopic (exact) mass is 336 g/mol. The van der Waals surface area contributed by atoms with Gasteiger partial charge in [-0.25, -0.2) is 4.98 Å². The van der Waals surface area contributed by atoms with Crippen LogP contribution in [-0.2, 0) is 12.8 Å². The van der Waals surface area contributed by atoms with Gasteiger partial charge < -0.3 is 16.2 Å². The number of hydrogen-bond acceptors (Lipinski definition) is 5. The van der Waals surface area contributed by atoms with E-state index in [9.17, 15) is 0 Å². The summed E-state index contributed by atoms with van der Waals surface area (Å²) < 4.78 is 5.48. The van der Waals surface area contributed by atoms with E-state index in [0.29, 0.717) is 5.82 Å². The maximum Gasteiger partial charge on any atom is 0.222 e. The Bertz CT molecular complexity index is 950. The summed E-state index contributed by atoms with van der Waals surface area (Å²) in [6.45, 7) is 6.26. The van der Waals surface area contributed by atoms with Crippen molar-refractivity contribution in [2.45, 2.75) is 33.6 Å². The van der Waals surface area contributed by atoms with Crippen LogP contribution in [0.2, 0.25) is 0 Å². The lowest BCUT2D eigenvalue weighted by Crippen LogP contribution is -2.03. The van der Waals surface area contributed by atoms with Crippen molar-refractivity contribution in [3.63, 3.8) is 0 Å². The second kappa shape index (κ2) is 6.59. The molecular weight excluding hydrogens is 312 g/mol. The van der Waals surface area contributed by atoms with Gasteiger partial charge in [-0.3, -0.25) is 0 Å². The molecule has 1 heterocycles. The molecule has 0 radical (unpaired) electrons. The highest BCUT2D eigenvalue weighted by molar-refractivity contribution is 5.92. The second-order valence-electron chi connectivity index (χ2n) is 6.45. The smallest absolute Gasteiger partial charge is 0.222 e. The molecule has 130 valence electrons. The first-order chi connectivity index (χ1) is 11.9. The fourth-order valence-corrected chi connectivity index (χ4v) is 3.29. The zero-order valence-corrected chi connectivity index (χ0v) is 15.2. The van der Waals surface area contributed by atoms with Gasteiger partial charge in [-0.15, -0.1) is 0 Å². The highest BCUT2D eigenvalue weighted by atomic mass is 16.5. The van der Waals surface area contributed by atoms with Crippen LogP contribution in [0.25, 0.3) is 10.9 Å². The highest BCUT2D eigenvalue weighted by Gasteiger charge is 2.11. The van der Waals surface area contributed by atoms with E-state index in [1.54, 1.807) is 7.11 Å². The summed E-state index contributed by atoms with van der Waals surface area (Å²) in [6, 6.07) is 8.41. The summed E-state index contributed by atoms with van der Waals surface area (Å²) in [5, 5.41) is 0.893. The molecule has 0 aliphatic heterocycles. The molecule has 2 aromatic carbocycles. The molecule has 5 heteroatoms. The molecule has 0 amide bonds. The van der Waals surface area contributed by atoms with Gasteiger partial charge in [0, 0.05) is 5.39 Å². The number of hydrogen-bond donors (Lipinski definition) is 2. The fourth-order valence-electron chi connectivity index (χ4n) is 3.29. The number of anilines is 2. The Labute approximate surface area is 148 Å². The Morgan fingerprint density at radius 3 is 2.44 bits per heavy atom. The number of benzene rings is 2. The molecule has 0 bridgehead atoms. The van der Waals surface area contributed by atoms with Gasteiger partial charge >= 0.3 is 0 Å². The maximum absolute atomic E-state index is 6.06. The summed E-state index contributed by atoms with van der Waals surface area (Å²) in [4.78, 5) is 8.36. The van der Waals surface area contributed by atoms with E-state index in [2.05, 4.69) is 48.9 Å². The van der Waals surface area contributed by atoms with Crippen molar-refractivity contribution in [1.29, 1.82) is 0 Å². The first kappa shape index (κ1) is 17.0. The lowest BCUT2D eigenvalue weighted by atomic mass is 9.96. The van der Waals surface area contributed by atoms with Crippen LogP contribution in [0, 0.1) is 20.8 Å². The van der Waals surface area contributed by atoms with Crippen LogP contribution in [0.4, 0.5) is 11.8 Å². The lowest BCUT2D eigenvalue weighted by Gasteiger charge is -2.13. The molecule has 0 spiro atoms. The Kier molecular flexibility index (Phi) is 4.49. The Balaban J connectivity index is 1.92. The van der Waals surface area contributed by atoms with Crippen LogP contribution < -0.4 is 16.2 Å². The molecule has 0 saturated carbocycles. The standard InChI is InChI=1S/C20H24N4O/c1-11-9-14(10-17(25-4)12(11)2)5-6-15-7-8-16-18(13(15)3)19(21)24-20(22)23-16/h7-10H,5-6H2,1-4H3,(H4,21,22,23,24). The van der Waals surface area contributed by atoms with Crippen molar-refractivity contribution < 1.29 is 4.74 Å². The number of ether oxygens (including phenoxy) is 1. The van der Waals surface area contributed by atoms with Gasteiger partial charge in [0.1, 0.15) is 11.6 Å². The lowest BCUT2D eigenvalue weighted by molar-refractivity contribution is 0.410. The third kappa shape index (κ3) is 3.22. The van der Waals surface area contributed by atoms with Crippen molar-refractivity contribution in [2.24, 2.45) is 0 Å². The normalized spacial score (nSPS) is 11.0. The minimum absolute atomic E-state index is 0.208. The van der Waals surface area contributed by atoms with Gasteiger partial charge in [0.25, 0.3) is 0 Å². The molecule has 0 aliphatic carbocycles. The molecule has 5 nitrogen and oxygen atoms in total. The molecule has 3 aromatic rings. The summed E-state index contributed by atoms with van der Waals surface area (Å²) in [5.74, 6) is 1.59. The molecule has 0 saturated heterocycles. The third-order valence-electron chi connectivity index (χ3n) is 4.86. The Morgan fingerprint density at radius 2 is 1.72 bits per heavy atom. The van der Waals surface area contributed by atoms with E-state index < -0.39 is 0 Å².